The van der Waals surface area contributed by atoms with Crippen molar-refractivity contribution in [1.82, 2.24) is 0 Å². The van der Waals surface area contributed by atoms with E-state index >= 15 is 0 Å². The lowest BCUT2D eigenvalue weighted by Crippen LogP contribution is -2.37. The van der Waals surface area contributed by atoms with Crippen molar-refractivity contribution in [2.45, 2.75) is 26.3 Å². The molecule has 1 aromatic rings. The Bertz CT molecular complexity index is 208. The first kappa shape index (κ1) is 8.18. The first-order valence-corrected chi connectivity index (χ1v) is 3.79. The molecule has 0 aliphatic carbocycles. The van der Waals surface area contributed by atoms with Gasteiger partial charge in [-0.2, -0.15) is 0 Å². The zero-order valence-corrected chi connectivity index (χ0v) is 7.59. The minimum atomic E-state index is 0.123. The molecule has 0 atom stereocenters. The SMILES string of the molecule is CN(c1ccco1)C(C)(C)C. The standard InChI is InChI=1S/C9H15NO/c1-9(2,3)10(4)8-6-5-7-11-8/h5-7H,1-4H3. The minimum absolute atomic E-state index is 0.123. The normalized spacial score (nSPS) is 11.6. The van der Waals surface area contributed by atoms with Gasteiger partial charge in [0.1, 0.15) is 0 Å². The molecule has 1 heterocycles. The summed E-state index contributed by atoms with van der Waals surface area (Å²) in [6.45, 7) is 6.44. The minimum Gasteiger partial charge on any atom is -0.449 e. The van der Waals surface area contributed by atoms with Crippen molar-refractivity contribution in [3.63, 3.8) is 0 Å². The smallest absolute Gasteiger partial charge is 0.195 e. The highest BCUT2D eigenvalue weighted by Crippen LogP contribution is 2.21. The summed E-state index contributed by atoms with van der Waals surface area (Å²) in [7, 11) is 2.03. The summed E-state index contributed by atoms with van der Waals surface area (Å²) in [4.78, 5) is 2.10. The fourth-order valence-electron chi connectivity index (χ4n) is 0.791. The maximum Gasteiger partial charge on any atom is 0.195 e. The third-order valence-electron chi connectivity index (χ3n) is 1.84. The number of furan rings is 1. The third-order valence-corrected chi connectivity index (χ3v) is 1.84. The molecule has 0 spiro atoms. The summed E-state index contributed by atoms with van der Waals surface area (Å²) < 4.78 is 5.25. The predicted molar refractivity (Wildman–Crippen MR) is 46.9 cm³/mol. The van der Waals surface area contributed by atoms with Crippen molar-refractivity contribution >= 4 is 5.88 Å². The highest BCUT2D eigenvalue weighted by atomic mass is 16.3. The Hall–Kier alpha value is -0.920. The highest BCUT2D eigenvalue weighted by Gasteiger charge is 2.18. The Balaban J connectivity index is 2.78. The molecule has 2 nitrogen and oxygen atoms in total. The lowest BCUT2D eigenvalue weighted by atomic mass is 10.1. The van der Waals surface area contributed by atoms with Gasteiger partial charge in [0.05, 0.1) is 6.26 Å². The average Bonchev–Trinajstić information content (AvgIpc) is 2.34. The zero-order valence-electron chi connectivity index (χ0n) is 7.59. The van der Waals surface area contributed by atoms with Gasteiger partial charge in [0.2, 0.25) is 0 Å². The van der Waals surface area contributed by atoms with Crippen LogP contribution in [0.2, 0.25) is 0 Å². The van der Waals surface area contributed by atoms with Crippen LogP contribution in [0.3, 0.4) is 0 Å². The third kappa shape index (κ3) is 1.76. The number of anilines is 1. The van der Waals surface area contributed by atoms with E-state index in [0.717, 1.165) is 5.88 Å². The summed E-state index contributed by atoms with van der Waals surface area (Å²) in [5.74, 6) is 0.914. The van der Waals surface area contributed by atoms with Crippen LogP contribution in [0.4, 0.5) is 5.88 Å². The van der Waals surface area contributed by atoms with Crippen molar-refractivity contribution in [2.24, 2.45) is 0 Å². The van der Waals surface area contributed by atoms with Gasteiger partial charge in [0.25, 0.3) is 0 Å². The number of rotatable bonds is 1. The van der Waals surface area contributed by atoms with Crippen molar-refractivity contribution in [1.29, 1.82) is 0 Å². The molecule has 0 fully saturated rings. The van der Waals surface area contributed by atoms with E-state index < -0.39 is 0 Å². The van der Waals surface area contributed by atoms with E-state index in [1.807, 2.05) is 19.2 Å². The van der Waals surface area contributed by atoms with Gasteiger partial charge in [0.15, 0.2) is 5.88 Å². The molecule has 0 aromatic carbocycles. The van der Waals surface area contributed by atoms with Gasteiger partial charge in [-0.25, -0.2) is 0 Å². The van der Waals surface area contributed by atoms with Crippen molar-refractivity contribution in [3.05, 3.63) is 18.4 Å². The molecule has 0 saturated carbocycles. The summed E-state index contributed by atoms with van der Waals surface area (Å²) >= 11 is 0. The first-order chi connectivity index (χ1) is 5.02. The van der Waals surface area contributed by atoms with Crippen molar-refractivity contribution < 1.29 is 4.42 Å². The summed E-state index contributed by atoms with van der Waals surface area (Å²) in [6.07, 6.45) is 1.69. The molecule has 0 N–H and O–H groups in total. The van der Waals surface area contributed by atoms with Crippen LogP contribution in [0.5, 0.6) is 0 Å². The summed E-state index contributed by atoms with van der Waals surface area (Å²) in [5.41, 5.74) is 0.123. The fourth-order valence-corrected chi connectivity index (χ4v) is 0.791. The van der Waals surface area contributed by atoms with Gasteiger partial charge < -0.3 is 9.32 Å². The molecule has 2 heteroatoms. The summed E-state index contributed by atoms with van der Waals surface area (Å²) in [6, 6.07) is 3.86. The van der Waals surface area contributed by atoms with Crippen LogP contribution in [0.1, 0.15) is 20.8 Å². The molecular formula is C9H15NO. The van der Waals surface area contributed by atoms with Crippen LogP contribution < -0.4 is 4.90 Å². The summed E-state index contributed by atoms with van der Waals surface area (Å²) in [5, 5.41) is 0. The van der Waals surface area contributed by atoms with Gasteiger partial charge in [-0.3, -0.25) is 0 Å². The van der Waals surface area contributed by atoms with E-state index in [4.69, 9.17) is 4.42 Å². The Labute approximate surface area is 67.8 Å². The molecule has 0 unspecified atom stereocenters. The molecule has 0 aliphatic rings. The maximum atomic E-state index is 5.25. The molecule has 1 aromatic heterocycles. The number of hydrogen-bond donors (Lipinski definition) is 0. The van der Waals surface area contributed by atoms with Crippen LogP contribution in [0.25, 0.3) is 0 Å². The molecule has 1 rings (SSSR count). The second kappa shape index (κ2) is 2.61. The van der Waals surface area contributed by atoms with Crippen LogP contribution in [0.15, 0.2) is 22.8 Å². The molecular weight excluding hydrogens is 138 g/mol. The molecule has 0 radical (unpaired) electrons. The van der Waals surface area contributed by atoms with Gasteiger partial charge in [0, 0.05) is 18.7 Å². The van der Waals surface area contributed by atoms with E-state index in [1.54, 1.807) is 6.26 Å². The molecule has 11 heavy (non-hydrogen) atoms. The van der Waals surface area contributed by atoms with Gasteiger partial charge >= 0.3 is 0 Å². The van der Waals surface area contributed by atoms with E-state index in [9.17, 15) is 0 Å². The van der Waals surface area contributed by atoms with Gasteiger partial charge in [-0.1, -0.05) is 0 Å². The van der Waals surface area contributed by atoms with Crippen molar-refractivity contribution in [3.8, 4) is 0 Å². The quantitative estimate of drug-likeness (QED) is 0.616. The zero-order chi connectivity index (χ0) is 8.48. The second-order valence-corrected chi connectivity index (χ2v) is 3.68. The highest BCUT2D eigenvalue weighted by molar-refractivity contribution is 5.36. The molecule has 62 valence electrons. The Morgan fingerprint density at radius 2 is 2.00 bits per heavy atom. The largest absolute Gasteiger partial charge is 0.449 e. The lowest BCUT2D eigenvalue weighted by molar-refractivity contribution is 0.472. The monoisotopic (exact) mass is 153 g/mol. The molecule has 0 saturated heterocycles. The van der Waals surface area contributed by atoms with Gasteiger partial charge in [-0.05, 0) is 26.8 Å². The van der Waals surface area contributed by atoms with Crippen LogP contribution in [-0.4, -0.2) is 12.6 Å². The average molecular weight is 153 g/mol. The fraction of sp³-hybridized carbons (Fsp3) is 0.556. The van der Waals surface area contributed by atoms with Crippen molar-refractivity contribution in [2.75, 3.05) is 11.9 Å². The lowest BCUT2D eigenvalue weighted by Gasteiger charge is -2.31. The molecule has 0 amide bonds. The Morgan fingerprint density at radius 1 is 1.36 bits per heavy atom. The van der Waals surface area contributed by atoms with Crippen LogP contribution in [0, 0.1) is 0 Å². The Kier molecular flexibility index (Phi) is 1.94. The molecule has 0 bridgehead atoms. The molecule has 0 aliphatic heterocycles. The van der Waals surface area contributed by atoms with E-state index in [0.29, 0.717) is 0 Å². The number of nitrogens with zero attached hydrogens (tertiary/aromatic N) is 1. The Morgan fingerprint density at radius 3 is 2.36 bits per heavy atom. The second-order valence-electron chi connectivity index (χ2n) is 3.68. The van der Waals surface area contributed by atoms with E-state index in [2.05, 4.69) is 25.7 Å². The predicted octanol–water partition coefficient (Wildman–Crippen LogP) is 2.51. The van der Waals surface area contributed by atoms with Gasteiger partial charge in [-0.15, -0.1) is 0 Å². The maximum absolute atomic E-state index is 5.25. The van der Waals surface area contributed by atoms with E-state index in [-0.39, 0.29) is 5.54 Å². The topological polar surface area (TPSA) is 16.4 Å². The van der Waals surface area contributed by atoms with Crippen LogP contribution >= 0.6 is 0 Å². The number of hydrogen-bond acceptors (Lipinski definition) is 2. The first-order valence-electron chi connectivity index (χ1n) is 3.79. The van der Waals surface area contributed by atoms with Crippen LogP contribution in [-0.2, 0) is 0 Å². The van der Waals surface area contributed by atoms with E-state index in [1.165, 1.54) is 0 Å².